The van der Waals surface area contributed by atoms with Crippen LogP contribution in [0.3, 0.4) is 0 Å². The molecule has 1 atom stereocenters. The molecular weight excluding hydrogens is 442 g/mol. The molecule has 1 aliphatic rings. The predicted molar refractivity (Wildman–Crippen MR) is 135 cm³/mol. The Hall–Kier alpha value is -2.28. The number of fused-ring (bicyclic) bond motifs is 3. The Morgan fingerprint density at radius 1 is 1.19 bits per heavy atom. The van der Waals surface area contributed by atoms with Crippen LogP contribution in [0.15, 0.2) is 53.6 Å². The highest BCUT2D eigenvalue weighted by molar-refractivity contribution is 8.00. The molecule has 7 heteroatoms. The van der Waals surface area contributed by atoms with Crippen molar-refractivity contribution in [3.05, 3.63) is 59.1 Å². The Labute approximate surface area is 199 Å². The highest BCUT2D eigenvalue weighted by atomic mass is 35.5. The van der Waals surface area contributed by atoms with E-state index in [0.717, 1.165) is 40.2 Å². The molecule has 3 aromatic rings. The third-order valence-corrected chi connectivity index (χ3v) is 6.88. The molecule has 0 saturated heterocycles. The molecule has 0 saturated carbocycles. The van der Waals surface area contributed by atoms with Gasteiger partial charge in [-0.1, -0.05) is 55.4 Å². The molecule has 170 valence electrons. The predicted octanol–water partition coefficient (Wildman–Crippen LogP) is 5.46. The summed E-state index contributed by atoms with van der Waals surface area (Å²) in [6.45, 7) is 5.62. The van der Waals surface area contributed by atoms with E-state index < -0.39 is 6.04 Å². The largest absolute Gasteiger partial charge is 0.339 e. The summed E-state index contributed by atoms with van der Waals surface area (Å²) in [7, 11) is 3.96. The number of para-hydroxylation sites is 1. The van der Waals surface area contributed by atoms with Crippen LogP contribution in [0.2, 0.25) is 5.02 Å². The van der Waals surface area contributed by atoms with E-state index in [2.05, 4.69) is 23.7 Å². The number of thioether (sulfide) groups is 1. The molecule has 0 spiro atoms. The number of benzene rings is 2. The van der Waals surface area contributed by atoms with Gasteiger partial charge in [-0.15, -0.1) is 0 Å². The maximum atomic E-state index is 12.8. The fraction of sp³-hybridized carbons (Fsp3) is 0.360. The lowest BCUT2D eigenvalue weighted by Gasteiger charge is -2.26. The van der Waals surface area contributed by atoms with Gasteiger partial charge in [0.2, 0.25) is 5.91 Å². The summed E-state index contributed by atoms with van der Waals surface area (Å²) in [5, 5.41) is 5.65. The van der Waals surface area contributed by atoms with Crippen LogP contribution in [0, 0.1) is 5.92 Å². The molecule has 1 aromatic heterocycles. The zero-order valence-corrected chi connectivity index (χ0v) is 20.5. The van der Waals surface area contributed by atoms with Gasteiger partial charge in [-0.05, 0) is 56.3 Å². The van der Waals surface area contributed by atoms with Crippen LogP contribution < -0.4 is 10.2 Å². The highest BCUT2D eigenvalue weighted by Crippen LogP contribution is 2.42. The minimum atomic E-state index is -0.662. The number of nitrogens with zero attached hydrogens (tertiary/aromatic N) is 2. The van der Waals surface area contributed by atoms with Gasteiger partial charge in [-0.2, -0.15) is 0 Å². The molecule has 0 radical (unpaired) electrons. The summed E-state index contributed by atoms with van der Waals surface area (Å²) in [4.78, 5) is 26.5. The Balaban J connectivity index is 0.000000360. The van der Waals surface area contributed by atoms with Gasteiger partial charge >= 0.3 is 0 Å². The van der Waals surface area contributed by atoms with Gasteiger partial charge in [-0.3, -0.25) is 9.69 Å². The van der Waals surface area contributed by atoms with E-state index in [4.69, 9.17) is 11.6 Å². The second-order valence-electron chi connectivity index (χ2n) is 8.19. The van der Waals surface area contributed by atoms with Crippen molar-refractivity contribution in [2.24, 2.45) is 13.0 Å². The molecular formula is C25H30ClN3O2S. The van der Waals surface area contributed by atoms with Crippen LogP contribution in [0.4, 0.5) is 5.69 Å². The molecule has 0 aliphatic carbocycles. The number of halogens is 1. The fourth-order valence-corrected chi connectivity index (χ4v) is 5.02. The fourth-order valence-electron chi connectivity index (χ4n) is 3.81. The van der Waals surface area contributed by atoms with Crippen molar-refractivity contribution in [1.82, 2.24) is 9.88 Å². The van der Waals surface area contributed by atoms with E-state index in [1.165, 1.54) is 18.2 Å². The quantitative estimate of drug-likeness (QED) is 0.502. The minimum absolute atomic E-state index is 0.0929. The number of aldehydes is 1. The van der Waals surface area contributed by atoms with E-state index in [1.54, 1.807) is 29.2 Å². The molecule has 1 amide bonds. The third kappa shape index (κ3) is 5.20. The van der Waals surface area contributed by atoms with E-state index in [1.807, 2.05) is 38.4 Å². The van der Waals surface area contributed by atoms with E-state index in [-0.39, 0.29) is 11.7 Å². The first-order valence-corrected chi connectivity index (χ1v) is 12.1. The van der Waals surface area contributed by atoms with E-state index >= 15 is 0 Å². The van der Waals surface area contributed by atoms with Gasteiger partial charge < -0.3 is 14.7 Å². The smallest absolute Gasteiger partial charge is 0.238 e. The Morgan fingerprint density at radius 3 is 2.47 bits per heavy atom. The van der Waals surface area contributed by atoms with Crippen LogP contribution in [-0.2, 0) is 16.6 Å². The molecule has 1 aliphatic heterocycles. The van der Waals surface area contributed by atoms with Crippen molar-refractivity contribution in [3.63, 3.8) is 0 Å². The zero-order chi connectivity index (χ0) is 23.3. The second kappa shape index (κ2) is 11.0. The first kappa shape index (κ1) is 24.4. The van der Waals surface area contributed by atoms with Crippen molar-refractivity contribution < 1.29 is 9.59 Å². The van der Waals surface area contributed by atoms with E-state index in [9.17, 15) is 9.59 Å². The topological polar surface area (TPSA) is 54.3 Å². The molecule has 5 nitrogen and oxygen atoms in total. The number of carbonyl (C=O) groups excluding carboxylic acids is 2. The lowest BCUT2D eigenvalue weighted by atomic mass is 10.0. The van der Waals surface area contributed by atoms with Gasteiger partial charge in [0.25, 0.3) is 0 Å². The van der Waals surface area contributed by atoms with Crippen LogP contribution in [0.1, 0.15) is 31.9 Å². The number of nitrogens with one attached hydrogen (secondary N) is 1. The summed E-state index contributed by atoms with van der Waals surface area (Å²) < 4.78 is 2.06. The highest BCUT2D eigenvalue weighted by Gasteiger charge is 2.35. The molecule has 0 fully saturated rings. The summed E-state index contributed by atoms with van der Waals surface area (Å²) >= 11 is 7.45. The van der Waals surface area contributed by atoms with Crippen LogP contribution >= 0.6 is 23.4 Å². The van der Waals surface area contributed by atoms with Crippen molar-refractivity contribution in [1.29, 1.82) is 0 Å². The normalized spacial score (nSPS) is 15.9. The number of aromatic nitrogens is 1. The van der Waals surface area contributed by atoms with Crippen LogP contribution in [0.25, 0.3) is 10.9 Å². The number of aryl methyl sites for hydroxylation is 1. The molecule has 32 heavy (non-hydrogen) atoms. The van der Waals surface area contributed by atoms with Crippen LogP contribution in [-0.4, -0.2) is 36.1 Å². The lowest BCUT2D eigenvalue weighted by Crippen LogP contribution is -2.35. The number of hydrogen-bond donors (Lipinski definition) is 1. The number of hydrogen-bond acceptors (Lipinski definition) is 4. The maximum absolute atomic E-state index is 12.8. The van der Waals surface area contributed by atoms with Crippen molar-refractivity contribution in [3.8, 4) is 0 Å². The number of carbonyl (C=O) groups is 2. The summed E-state index contributed by atoms with van der Waals surface area (Å²) in [5.74, 6) is 1.03. The number of anilines is 1. The van der Waals surface area contributed by atoms with Gasteiger partial charge in [0.05, 0.1) is 10.8 Å². The summed E-state index contributed by atoms with van der Waals surface area (Å²) in [6.07, 6.45) is 2.14. The summed E-state index contributed by atoms with van der Waals surface area (Å²) in [6, 6.07) is 14.3. The molecule has 2 heterocycles. The average Bonchev–Trinajstić information content (AvgIpc) is 2.97. The zero-order valence-electron chi connectivity index (χ0n) is 19.0. The van der Waals surface area contributed by atoms with E-state index in [0.29, 0.717) is 10.7 Å². The van der Waals surface area contributed by atoms with Gasteiger partial charge in [-0.25, -0.2) is 0 Å². The first-order chi connectivity index (χ1) is 15.4. The monoisotopic (exact) mass is 471 g/mol. The number of amides is 1. The van der Waals surface area contributed by atoms with Crippen LogP contribution in [0.5, 0.6) is 0 Å². The third-order valence-electron chi connectivity index (χ3n) is 5.47. The van der Waals surface area contributed by atoms with Crippen molar-refractivity contribution >= 4 is 52.1 Å². The van der Waals surface area contributed by atoms with Gasteiger partial charge in [0, 0.05) is 34.2 Å². The Bertz CT molecular complexity index is 1080. The first-order valence-electron chi connectivity index (χ1n) is 10.8. The average molecular weight is 472 g/mol. The second-order valence-corrected chi connectivity index (χ2v) is 9.59. The summed E-state index contributed by atoms with van der Waals surface area (Å²) in [5.41, 5.74) is 2.61. The SMILES string of the molecule is CNCCC(C)C.Cn1c2c(c3ccccc31)C(C=O)N(c1ccc(Cl)cc1)C(=O)CS2. The molecule has 4 rings (SSSR count). The maximum Gasteiger partial charge on any atom is 0.238 e. The Morgan fingerprint density at radius 2 is 1.88 bits per heavy atom. The molecule has 1 unspecified atom stereocenters. The molecule has 1 N–H and O–H groups in total. The van der Waals surface area contributed by atoms with Crippen molar-refractivity contribution in [2.45, 2.75) is 31.3 Å². The standard InChI is InChI=1S/C19H15ClN2O2S.C6H15N/c1-21-15-5-3-2-4-14(15)18-16(10-23)22(17(24)11-25-19(18)21)13-8-6-12(20)7-9-13;1-6(2)4-5-7-3/h2-10,16H,11H2,1H3;6-7H,4-5H2,1-3H3. The minimum Gasteiger partial charge on any atom is -0.339 e. The molecule has 0 bridgehead atoms. The van der Waals surface area contributed by atoms with Crippen molar-refractivity contribution in [2.75, 3.05) is 24.2 Å². The van der Waals surface area contributed by atoms with Gasteiger partial charge in [0.1, 0.15) is 12.3 Å². The number of rotatable bonds is 5. The lowest BCUT2D eigenvalue weighted by molar-refractivity contribution is -0.119. The molecule has 2 aromatic carbocycles. The Kier molecular flexibility index (Phi) is 8.40. The van der Waals surface area contributed by atoms with Gasteiger partial charge in [0.15, 0.2) is 0 Å².